The molecule has 0 saturated heterocycles. The lowest BCUT2D eigenvalue weighted by Gasteiger charge is -2.19. The van der Waals surface area contributed by atoms with Crippen LogP contribution in [-0.2, 0) is 6.42 Å². The van der Waals surface area contributed by atoms with Crippen LogP contribution in [-0.4, -0.2) is 19.0 Å². The third kappa shape index (κ3) is 1.47. The highest BCUT2D eigenvalue weighted by Crippen LogP contribution is 2.32. The standard InChI is InChI=1S/C11H13N3OS/c1-7-12-11(16-13-7)14-6-5-8-9(14)3-2-4-10(8)15/h5-6,10,15H,2-4H2,1H3. The third-order valence-corrected chi connectivity index (χ3v) is 3.81. The number of fused-ring (bicyclic) bond motifs is 1. The van der Waals surface area contributed by atoms with Crippen molar-refractivity contribution in [1.29, 1.82) is 0 Å². The molecule has 2 aromatic heterocycles. The summed E-state index contributed by atoms with van der Waals surface area (Å²) in [6, 6.07) is 2.00. The number of aromatic nitrogens is 3. The van der Waals surface area contributed by atoms with Gasteiger partial charge in [-0.05, 0) is 32.3 Å². The van der Waals surface area contributed by atoms with Gasteiger partial charge in [0.25, 0.3) is 0 Å². The van der Waals surface area contributed by atoms with Crippen LogP contribution >= 0.6 is 11.5 Å². The van der Waals surface area contributed by atoms with Crippen molar-refractivity contribution >= 4 is 11.5 Å². The summed E-state index contributed by atoms with van der Waals surface area (Å²) < 4.78 is 6.25. The molecule has 4 nitrogen and oxygen atoms in total. The predicted molar refractivity (Wildman–Crippen MR) is 61.9 cm³/mol. The van der Waals surface area contributed by atoms with E-state index in [9.17, 15) is 5.11 Å². The van der Waals surface area contributed by atoms with Gasteiger partial charge in [-0.2, -0.15) is 4.37 Å². The molecule has 2 heterocycles. The second-order valence-electron chi connectivity index (χ2n) is 4.12. The minimum absolute atomic E-state index is 0.306. The van der Waals surface area contributed by atoms with Crippen LogP contribution < -0.4 is 0 Å². The highest BCUT2D eigenvalue weighted by atomic mass is 32.1. The highest BCUT2D eigenvalue weighted by molar-refractivity contribution is 7.08. The Morgan fingerprint density at radius 3 is 3.19 bits per heavy atom. The van der Waals surface area contributed by atoms with E-state index in [1.165, 1.54) is 17.2 Å². The van der Waals surface area contributed by atoms with Crippen LogP contribution in [0, 0.1) is 6.92 Å². The Morgan fingerprint density at radius 1 is 1.56 bits per heavy atom. The van der Waals surface area contributed by atoms with Gasteiger partial charge in [-0.3, -0.25) is 4.57 Å². The summed E-state index contributed by atoms with van der Waals surface area (Å²) in [5.74, 6) is 0.804. The number of aryl methyl sites for hydroxylation is 1. The topological polar surface area (TPSA) is 50.9 Å². The molecular formula is C11H13N3OS. The molecule has 1 aliphatic rings. The normalized spacial score (nSPS) is 19.8. The SMILES string of the molecule is Cc1nsc(-n2ccc3c2CCCC3O)n1. The fourth-order valence-corrected chi connectivity index (χ4v) is 2.92. The maximum absolute atomic E-state index is 9.88. The van der Waals surface area contributed by atoms with Crippen LogP contribution in [0.5, 0.6) is 0 Å². The Hall–Kier alpha value is -1.20. The zero-order valence-electron chi connectivity index (χ0n) is 9.05. The molecule has 0 radical (unpaired) electrons. The summed E-state index contributed by atoms with van der Waals surface area (Å²) in [6.45, 7) is 1.89. The Balaban J connectivity index is 2.09. The first-order valence-corrected chi connectivity index (χ1v) is 6.22. The Kier molecular flexibility index (Phi) is 2.29. The zero-order valence-corrected chi connectivity index (χ0v) is 9.87. The minimum Gasteiger partial charge on any atom is -0.388 e. The first kappa shape index (κ1) is 9.99. The molecule has 0 bridgehead atoms. The number of hydrogen-bond acceptors (Lipinski definition) is 4. The van der Waals surface area contributed by atoms with Gasteiger partial charge < -0.3 is 5.11 Å². The van der Waals surface area contributed by atoms with Crippen LogP contribution in [0.15, 0.2) is 12.3 Å². The molecule has 16 heavy (non-hydrogen) atoms. The number of hydrogen-bond donors (Lipinski definition) is 1. The van der Waals surface area contributed by atoms with Crippen molar-refractivity contribution in [2.45, 2.75) is 32.3 Å². The molecule has 1 N–H and O–H groups in total. The predicted octanol–water partition coefficient (Wildman–Crippen LogP) is 2.01. The number of aliphatic hydroxyl groups is 1. The summed E-state index contributed by atoms with van der Waals surface area (Å²) in [5, 5.41) is 10.8. The van der Waals surface area contributed by atoms with E-state index in [1.807, 2.05) is 19.2 Å². The van der Waals surface area contributed by atoms with E-state index in [1.54, 1.807) is 0 Å². The molecule has 0 aliphatic heterocycles. The molecule has 0 aromatic carbocycles. The number of aliphatic hydroxyl groups excluding tert-OH is 1. The van der Waals surface area contributed by atoms with Gasteiger partial charge in [-0.1, -0.05) is 0 Å². The van der Waals surface area contributed by atoms with Gasteiger partial charge in [0.2, 0.25) is 5.13 Å². The molecule has 0 fully saturated rings. The van der Waals surface area contributed by atoms with Crippen LogP contribution in [0.25, 0.3) is 5.13 Å². The summed E-state index contributed by atoms with van der Waals surface area (Å²) >= 11 is 1.40. The van der Waals surface area contributed by atoms with Crippen molar-refractivity contribution in [2.24, 2.45) is 0 Å². The average Bonchev–Trinajstić information content (AvgIpc) is 2.84. The van der Waals surface area contributed by atoms with Gasteiger partial charge >= 0.3 is 0 Å². The summed E-state index contributed by atoms with van der Waals surface area (Å²) in [5.41, 5.74) is 2.24. The quantitative estimate of drug-likeness (QED) is 0.822. The van der Waals surface area contributed by atoms with E-state index in [0.717, 1.165) is 35.8 Å². The summed E-state index contributed by atoms with van der Waals surface area (Å²) in [4.78, 5) is 4.38. The Morgan fingerprint density at radius 2 is 2.44 bits per heavy atom. The highest BCUT2D eigenvalue weighted by Gasteiger charge is 2.22. The molecule has 1 atom stereocenters. The number of nitrogens with zero attached hydrogens (tertiary/aromatic N) is 3. The summed E-state index contributed by atoms with van der Waals surface area (Å²) in [7, 11) is 0. The molecule has 0 amide bonds. The van der Waals surface area contributed by atoms with Gasteiger partial charge in [-0.25, -0.2) is 4.98 Å². The molecule has 0 saturated carbocycles. The lowest BCUT2D eigenvalue weighted by atomic mass is 9.95. The molecule has 84 valence electrons. The van der Waals surface area contributed by atoms with E-state index in [-0.39, 0.29) is 6.10 Å². The van der Waals surface area contributed by atoms with Crippen molar-refractivity contribution < 1.29 is 5.11 Å². The molecule has 1 aliphatic carbocycles. The van der Waals surface area contributed by atoms with E-state index < -0.39 is 0 Å². The zero-order chi connectivity index (χ0) is 11.1. The van der Waals surface area contributed by atoms with Gasteiger partial charge in [0.15, 0.2) is 0 Å². The van der Waals surface area contributed by atoms with E-state index in [2.05, 4.69) is 13.9 Å². The maximum atomic E-state index is 9.88. The minimum atomic E-state index is -0.306. The monoisotopic (exact) mass is 235 g/mol. The second-order valence-corrected chi connectivity index (χ2v) is 4.85. The van der Waals surface area contributed by atoms with Crippen LogP contribution in [0.3, 0.4) is 0 Å². The molecule has 1 unspecified atom stereocenters. The molecule has 2 aromatic rings. The largest absolute Gasteiger partial charge is 0.388 e. The maximum Gasteiger partial charge on any atom is 0.213 e. The lowest BCUT2D eigenvalue weighted by molar-refractivity contribution is 0.156. The fraction of sp³-hybridized carbons (Fsp3) is 0.455. The van der Waals surface area contributed by atoms with E-state index in [4.69, 9.17) is 0 Å². The third-order valence-electron chi connectivity index (χ3n) is 3.00. The van der Waals surface area contributed by atoms with Gasteiger partial charge in [-0.15, -0.1) is 0 Å². The first-order chi connectivity index (χ1) is 7.75. The van der Waals surface area contributed by atoms with Gasteiger partial charge in [0.1, 0.15) is 5.82 Å². The number of rotatable bonds is 1. The van der Waals surface area contributed by atoms with E-state index in [0.29, 0.717) is 0 Å². The van der Waals surface area contributed by atoms with Crippen molar-refractivity contribution in [3.8, 4) is 5.13 Å². The lowest BCUT2D eigenvalue weighted by Crippen LogP contribution is -2.10. The average molecular weight is 235 g/mol. The van der Waals surface area contributed by atoms with E-state index >= 15 is 0 Å². The Labute approximate surface area is 97.7 Å². The smallest absolute Gasteiger partial charge is 0.213 e. The fourth-order valence-electron chi connectivity index (χ4n) is 2.23. The van der Waals surface area contributed by atoms with Crippen LogP contribution in [0.1, 0.15) is 36.0 Å². The molecular weight excluding hydrogens is 222 g/mol. The van der Waals surface area contributed by atoms with Gasteiger partial charge in [0.05, 0.1) is 6.10 Å². The first-order valence-electron chi connectivity index (χ1n) is 5.44. The Bertz CT molecular complexity index is 517. The van der Waals surface area contributed by atoms with Crippen LogP contribution in [0.4, 0.5) is 0 Å². The van der Waals surface area contributed by atoms with Gasteiger partial charge in [0, 0.05) is 29.0 Å². The second kappa shape index (κ2) is 3.68. The summed E-state index contributed by atoms with van der Waals surface area (Å²) in [6.07, 6.45) is 4.60. The van der Waals surface area contributed by atoms with Crippen molar-refractivity contribution in [1.82, 2.24) is 13.9 Å². The van der Waals surface area contributed by atoms with Crippen molar-refractivity contribution in [3.05, 3.63) is 29.3 Å². The molecule has 0 spiro atoms. The molecule has 3 rings (SSSR count). The van der Waals surface area contributed by atoms with Crippen molar-refractivity contribution in [2.75, 3.05) is 0 Å². The molecule has 5 heteroatoms. The van der Waals surface area contributed by atoms with Crippen molar-refractivity contribution in [3.63, 3.8) is 0 Å². The van der Waals surface area contributed by atoms with Crippen LogP contribution in [0.2, 0.25) is 0 Å².